The van der Waals surface area contributed by atoms with E-state index in [1.165, 1.54) is 17.0 Å². The number of rotatable bonds is 3. The van der Waals surface area contributed by atoms with Gasteiger partial charge in [0, 0.05) is 13.1 Å². The average Bonchev–Trinajstić information content (AvgIpc) is 2.50. The number of amides is 1. The Kier molecular flexibility index (Phi) is 5.62. The van der Waals surface area contributed by atoms with Crippen molar-refractivity contribution in [3.05, 3.63) is 34.6 Å². The molecule has 1 fully saturated rings. The molecule has 0 radical (unpaired) electrons. The maximum absolute atomic E-state index is 14.2. The van der Waals surface area contributed by atoms with E-state index in [2.05, 4.69) is 0 Å². The lowest BCUT2D eigenvalue weighted by atomic mass is 9.75. The second kappa shape index (κ2) is 7.20. The summed E-state index contributed by atoms with van der Waals surface area (Å²) in [5, 5.41) is 9.76. The lowest BCUT2D eigenvalue weighted by Gasteiger charge is -2.40. The number of hydrogen-bond donors (Lipinski definition) is 1. The molecule has 138 valence electrons. The van der Waals surface area contributed by atoms with Crippen LogP contribution < -0.4 is 0 Å². The monoisotopic (exact) mass is 371 g/mol. The fourth-order valence-electron chi connectivity index (χ4n) is 3.06. The van der Waals surface area contributed by atoms with Gasteiger partial charge < -0.3 is 14.7 Å². The molecule has 1 aromatic carbocycles. The van der Waals surface area contributed by atoms with E-state index >= 15 is 0 Å². The Bertz CT molecular complexity index is 674. The van der Waals surface area contributed by atoms with E-state index in [9.17, 15) is 19.1 Å². The predicted molar refractivity (Wildman–Crippen MR) is 92.2 cm³/mol. The highest BCUT2D eigenvalue weighted by Crippen LogP contribution is 2.36. The van der Waals surface area contributed by atoms with Crippen LogP contribution in [0.4, 0.5) is 9.18 Å². The van der Waals surface area contributed by atoms with Gasteiger partial charge in [0.1, 0.15) is 11.4 Å². The Morgan fingerprint density at radius 3 is 2.68 bits per heavy atom. The van der Waals surface area contributed by atoms with Crippen LogP contribution in [0.5, 0.6) is 0 Å². The van der Waals surface area contributed by atoms with Crippen LogP contribution in [0.3, 0.4) is 0 Å². The quantitative estimate of drug-likeness (QED) is 0.867. The maximum atomic E-state index is 14.2. The highest BCUT2D eigenvalue weighted by molar-refractivity contribution is 6.30. The van der Waals surface area contributed by atoms with Gasteiger partial charge in [-0.05, 0) is 51.7 Å². The van der Waals surface area contributed by atoms with Gasteiger partial charge in [0.15, 0.2) is 0 Å². The SMILES string of the molecule is CC(C)(C)OC(=O)N1CCCC(Cc2cccc(Cl)c2F)(C(=O)O)C1. The lowest BCUT2D eigenvalue weighted by Crippen LogP contribution is -2.52. The minimum Gasteiger partial charge on any atom is -0.481 e. The zero-order chi connectivity index (χ0) is 18.8. The molecule has 0 aliphatic carbocycles. The third-order valence-electron chi connectivity index (χ3n) is 4.24. The van der Waals surface area contributed by atoms with Crippen LogP contribution in [0.15, 0.2) is 18.2 Å². The summed E-state index contributed by atoms with van der Waals surface area (Å²) in [6.45, 7) is 5.65. The van der Waals surface area contributed by atoms with E-state index in [1.807, 2.05) is 0 Å². The van der Waals surface area contributed by atoms with Crippen LogP contribution in [0.1, 0.15) is 39.2 Å². The fraction of sp³-hybridized carbons (Fsp3) is 0.556. The minimum atomic E-state index is -1.26. The van der Waals surface area contributed by atoms with Gasteiger partial charge in [-0.2, -0.15) is 0 Å². The molecule has 1 saturated heterocycles. The Morgan fingerprint density at radius 2 is 2.08 bits per heavy atom. The van der Waals surface area contributed by atoms with Crippen molar-refractivity contribution >= 4 is 23.7 Å². The number of carboxylic acid groups (broad SMARTS) is 1. The summed E-state index contributed by atoms with van der Waals surface area (Å²) in [5.74, 6) is -1.67. The highest BCUT2D eigenvalue weighted by Gasteiger charge is 2.45. The van der Waals surface area contributed by atoms with Crippen molar-refractivity contribution in [1.29, 1.82) is 0 Å². The van der Waals surface area contributed by atoms with Crippen LogP contribution in [-0.2, 0) is 16.0 Å². The van der Waals surface area contributed by atoms with Crippen molar-refractivity contribution in [2.24, 2.45) is 5.41 Å². The van der Waals surface area contributed by atoms with Crippen LogP contribution >= 0.6 is 11.6 Å². The second-order valence-corrected chi connectivity index (χ2v) is 7.89. The fourth-order valence-corrected chi connectivity index (χ4v) is 3.25. The molecule has 1 aromatic rings. The number of carboxylic acids is 1. The van der Waals surface area contributed by atoms with E-state index in [0.29, 0.717) is 19.4 Å². The first-order chi connectivity index (χ1) is 11.5. The summed E-state index contributed by atoms with van der Waals surface area (Å²) < 4.78 is 19.6. The molecule has 0 aromatic heterocycles. The average molecular weight is 372 g/mol. The van der Waals surface area contributed by atoms with Crippen molar-refractivity contribution in [1.82, 2.24) is 4.90 Å². The van der Waals surface area contributed by atoms with Crippen molar-refractivity contribution in [2.45, 2.75) is 45.6 Å². The summed E-state index contributed by atoms with van der Waals surface area (Å²) >= 11 is 5.80. The highest BCUT2D eigenvalue weighted by atomic mass is 35.5. The molecule has 0 bridgehead atoms. The molecule has 7 heteroatoms. The number of aliphatic carboxylic acids is 1. The van der Waals surface area contributed by atoms with Gasteiger partial charge in [-0.1, -0.05) is 23.7 Å². The van der Waals surface area contributed by atoms with Gasteiger partial charge in [-0.25, -0.2) is 9.18 Å². The standard InChI is InChI=1S/C18H23ClFNO4/c1-17(2,3)25-16(24)21-9-5-8-18(11-21,15(22)23)10-12-6-4-7-13(19)14(12)20/h4,6-7H,5,8-11H2,1-3H3,(H,22,23). The van der Waals surface area contributed by atoms with E-state index in [0.717, 1.165) is 0 Å². The molecule has 1 heterocycles. The summed E-state index contributed by atoms with van der Waals surface area (Å²) in [6, 6.07) is 4.53. The summed E-state index contributed by atoms with van der Waals surface area (Å²) in [4.78, 5) is 25.7. The number of halogens is 2. The largest absolute Gasteiger partial charge is 0.481 e. The first-order valence-electron chi connectivity index (χ1n) is 8.18. The van der Waals surface area contributed by atoms with Crippen LogP contribution in [0.25, 0.3) is 0 Å². The Morgan fingerprint density at radius 1 is 1.40 bits per heavy atom. The topological polar surface area (TPSA) is 66.8 Å². The summed E-state index contributed by atoms with van der Waals surface area (Å²) in [5.41, 5.74) is -1.69. The Hall–Kier alpha value is -1.82. The number of hydrogen-bond acceptors (Lipinski definition) is 3. The summed E-state index contributed by atoms with van der Waals surface area (Å²) in [6.07, 6.45) is 0.277. The minimum absolute atomic E-state index is 0.0246. The second-order valence-electron chi connectivity index (χ2n) is 7.48. The van der Waals surface area contributed by atoms with Crippen LogP contribution in [-0.4, -0.2) is 40.8 Å². The smallest absolute Gasteiger partial charge is 0.410 e. The van der Waals surface area contributed by atoms with E-state index in [1.54, 1.807) is 26.8 Å². The molecule has 25 heavy (non-hydrogen) atoms. The molecule has 1 amide bonds. The third-order valence-corrected chi connectivity index (χ3v) is 4.53. The normalized spacial score (nSPS) is 21.1. The van der Waals surface area contributed by atoms with E-state index in [-0.39, 0.29) is 23.6 Å². The van der Waals surface area contributed by atoms with Crippen molar-refractivity contribution in [3.63, 3.8) is 0 Å². The summed E-state index contributed by atoms with van der Waals surface area (Å²) in [7, 11) is 0. The molecule has 0 saturated carbocycles. The molecule has 1 aliphatic rings. The number of nitrogens with zero attached hydrogens (tertiary/aromatic N) is 1. The molecular formula is C18H23ClFNO4. The lowest BCUT2D eigenvalue weighted by molar-refractivity contribution is -0.152. The number of piperidine rings is 1. The van der Waals surface area contributed by atoms with Crippen molar-refractivity contribution < 1.29 is 23.8 Å². The van der Waals surface area contributed by atoms with E-state index in [4.69, 9.17) is 16.3 Å². The molecule has 0 spiro atoms. The van der Waals surface area contributed by atoms with Gasteiger partial charge in [-0.3, -0.25) is 4.79 Å². The number of carbonyl (C=O) groups is 2. The van der Waals surface area contributed by atoms with Gasteiger partial charge in [-0.15, -0.1) is 0 Å². The molecule has 1 N–H and O–H groups in total. The first-order valence-corrected chi connectivity index (χ1v) is 8.56. The van der Waals surface area contributed by atoms with Crippen molar-refractivity contribution in [2.75, 3.05) is 13.1 Å². The third kappa shape index (κ3) is 4.63. The number of carbonyl (C=O) groups excluding carboxylic acids is 1. The van der Waals surface area contributed by atoms with Gasteiger partial charge >= 0.3 is 12.1 Å². The van der Waals surface area contributed by atoms with E-state index < -0.39 is 28.9 Å². The maximum Gasteiger partial charge on any atom is 0.410 e. The van der Waals surface area contributed by atoms with Crippen LogP contribution in [0.2, 0.25) is 5.02 Å². The van der Waals surface area contributed by atoms with Crippen LogP contribution in [0, 0.1) is 11.2 Å². The van der Waals surface area contributed by atoms with Gasteiger partial charge in [0.2, 0.25) is 0 Å². The van der Waals surface area contributed by atoms with Gasteiger partial charge in [0.25, 0.3) is 0 Å². The number of likely N-dealkylation sites (tertiary alicyclic amines) is 1. The molecule has 1 aliphatic heterocycles. The molecule has 2 rings (SSSR count). The zero-order valence-electron chi connectivity index (χ0n) is 14.6. The Balaban J connectivity index is 2.25. The number of benzene rings is 1. The first kappa shape index (κ1) is 19.5. The Labute approximate surface area is 151 Å². The number of ether oxygens (including phenoxy) is 1. The zero-order valence-corrected chi connectivity index (χ0v) is 15.4. The van der Waals surface area contributed by atoms with Gasteiger partial charge in [0.05, 0.1) is 10.4 Å². The molecular weight excluding hydrogens is 349 g/mol. The molecule has 1 atom stereocenters. The van der Waals surface area contributed by atoms with Crippen molar-refractivity contribution in [3.8, 4) is 0 Å². The molecule has 1 unspecified atom stereocenters. The predicted octanol–water partition coefficient (Wildman–Crippen LogP) is 4.12. The molecule has 5 nitrogen and oxygen atoms in total.